The molecule has 0 saturated carbocycles. The number of ether oxygens (including phenoxy) is 1. The first-order valence-electron chi connectivity index (χ1n) is 12.6. The number of nitriles is 1. The third-order valence-corrected chi connectivity index (χ3v) is 6.68. The number of halogens is 1. The van der Waals surface area contributed by atoms with E-state index in [1.165, 1.54) is 7.11 Å². The number of esters is 1. The summed E-state index contributed by atoms with van der Waals surface area (Å²) in [5.41, 5.74) is 3.34. The molecule has 1 aliphatic rings. The van der Waals surface area contributed by atoms with Crippen LogP contribution in [-0.2, 0) is 11.3 Å². The van der Waals surface area contributed by atoms with Gasteiger partial charge in [-0.15, -0.1) is 0 Å². The molecule has 4 rings (SSSR count). The molecule has 3 aromatic rings. The van der Waals surface area contributed by atoms with E-state index in [0.717, 1.165) is 43.7 Å². The maximum atomic E-state index is 13.6. The lowest BCUT2D eigenvalue weighted by Gasteiger charge is -2.30. The average molecular weight is 521 g/mol. The number of aromatic nitrogens is 1. The van der Waals surface area contributed by atoms with Crippen LogP contribution in [0.4, 0.5) is 11.5 Å². The van der Waals surface area contributed by atoms with E-state index in [1.54, 1.807) is 24.3 Å². The summed E-state index contributed by atoms with van der Waals surface area (Å²) in [5.74, 6) is -0.0203. The molecule has 0 aliphatic carbocycles. The van der Waals surface area contributed by atoms with Crippen LogP contribution >= 0.6 is 11.6 Å². The van der Waals surface area contributed by atoms with Crippen molar-refractivity contribution in [1.29, 1.82) is 5.26 Å². The third-order valence-electron chi connectivity index (χ3n) is 6.31. The number of piperidine rings is 1. The van der Waals surface area contributed by atoms with Gasteiger partial charge in [-0.1, -0.05) is 43.6 Å². The van der Waals surface area contributed by atoms with Gasteiger partial charge in [0.15, 0.2) is 0 Å². The number of nitrogens with one attached hydrogen (secondary N) is 1. The Bertz CT molecular complexity index is 1290. The lowest BCUT2D eigenvalue weighted by molar-refractivity contribution is 0.0600. The second-order valence-corrected chi connectivity index (χ2v) is 8.94. The highest BCUT2D eigenvalue weighted by Crippen LogP contribution is 2.34. The molecule has 194 valence electrons. The Hall–Kier alpha value is -3.76. The zero-order valence-corrected chi connectivity index (χ0v) is 22.6. The van der Waals surface area contributed by atoms with E-state index in [4.69, 9.17) is 16.3 Å². The lowest BCUT2D eigenvalue weighted by Crippen LogP contribution is -2.32. The Morgan fingerprint density at radius 3 is 2.30 bits per heavy atom. The Morgan fingerprint density at radius 1 is 1.05 bits per heavy atom. The Balaban J connectivity index is 0.00000186. The number of nitrogens with zero attached hydrogens (tertiary/aromatic N) is 3. The summed E-state index contributed by atoms with van der Waals surface area (Å²) in [6, 6.07) is 16.4. The summed E-state index contributed by atoms with van der Waals surface area (Å²) < 4.78 is 6.65. The van der Waals surface area contributed by atoms with Crippen LogP contribution in [0.1, 0.15) is 70.6 Å². The van der Waals surface area contributed by atoms with Gasteiger partial charge >= 0.3 is 5.97 Å². The second kappa shape index (κ2) is 13.0. The molecule has 2 heterocycles. The van der Waals surface area contributed by atoms with Crippen molar-refractivity contribution >= 4 is 35.0 Å². The predicted octanol–water partition coefficient (Wildman–Crippen LogP) is 6.43. The summed E-state index contributed by atoms with van der Waals surface area (Å²) in [7, 11) is 1.32. The van der Waals surface area contributed by atoms with E-state index < -0.39 is 5.97 Å². The fourth-order valence-corrected chi connectivity index (χ4v) is 4.73. The molecule has 0 atom stereocenters. The number of carbonyl (C=O) groups excluding carboxylic acids is 2. The molecule has 0 spiro atoms. The second-order valence-electron chi connectivity index (χ2n) is 8.53. The van der Waals surface area contributed by atoms with Gasteiger partial charge in [0.1, 0.15) is 17.6 Å². The largest absolute Gasteiger partial charge is 0.465 e. The lowest BCUT2D eigenvalue weighted by atomic mass is 10.1. The first-order chi connectivity index (χ1) is 17.9. The van der Waals surface area contributed by atoms with Gasteiger partial charge in [-0.25, -0.2) is 4.79 Å². The molecule has 0 unspecified atom stereocenters. The number of methoxy groups -OCH3 is 1. The van der Waals surface area contributed by atoms with Crippen molar-refractivity contribution < 1.29 is 14.3 Å². The predicted molar refractivity (Wildman–Crippen MR) is 148 cm³/mol. The van der Waals surface area contributed by atoms with Crippen LogP contribution in [0.25, 0.3) is 0 Å². The summed E-state index contributed by atoms with van der Waals surface area (Å²) in [6.07, 6.45) is 3.22. The summed E-state index contributed by atoms with van der Waals surface area (Å²) in [4.78, 5) is 27.5. The van der Waals surface area contributed by atoms with Crippen molar-refractivity contribution in [3.8, 4) is 6.07 Å². The van der Waals surface area contributed by atoms with E-state index in [-0.39, 0.29) is 5.91 Å². The standard InChI is InChI=1S/C27H27ClN4O3.C2H6/c1-18-22(16-29)26(31-14-6-3-7-15-31)32(17-20-8-4-5-9-23(20)28)24(18)25(33)30-21-12-10-19(11-13-21)27(34)35-2;1-2/h4-5,8-13H,3,6-7,14-15,17H2,1-2H3,(H,30,33);1-2H3. The average Bonchev–Trinajstić information content (AvgIpc) is 3.22. The van der Waals surface area contributed by atoms with E-state index in [1.807, 2.05) is 49.6 Å². The van der Waals surface area contributed by atoms with Crippen molar-refractivity contribution in [1.82, 2.24) is 4.57 Å². The van der Waals surface area contributed by atoms with Crippen LogP contribution in [0.15, 0.2) is 48.5 Å². The zero-order chi connectivity index (χ0) is 26.9. The van der Waals surface area contributed by atoms with E-state index in [2.05, 4.69) is 16.3 Å². The van der Waals surface area contributed by atoms with Gasteiger partial charge in [-0.2, -0.15) is 5.26 Å². The smallest absolute Gasteiger partial charge is 0.337 e. The zero-order valence-electron chi connectivity index (χ0n) is 21.8. The molecule has 1 aromatic heterocycles. The van der Waals surface area contributed by atoms with Crippen molar-refractivity contribution in [2.24, 2.45) is 0 Å². The number of anilines is 2. The number of rotatable bonds is 6. The van der Waals surface area contributed by atoms with Crippen LogP contribution in [0, 0.1) is 18.3 Å². The van der Waals surface area contributed by atoms with Gasteiger partial charge in [-0.3, -0.25) is 4.79 Å². The van der Waals surface area contributed by atoms with Crippen LogP contribution < -0.4 is 10.2 Å². The van der Waals surface area contributed by atoms with Crippen molar-refractivity contribution in [2.75, 3.05) is 30.4 Å². The number of hydrogen-bond donors (Lipinski definition) is 1. The fraction of sp³-hybridized carbons (Fsp3) is 0.345. The molecular weight excluding hydrogens is 488 g/mol. The number of hydrogen-bond acceptors (Lipinski definition) is 5. The van der Waals surface area contributed by atoms with Crippen LogP contribution in [0.2, 0.25) is 5.02 Å². The monoisotopic (exact) mass is 520 g/mol. The van der Waals surface area contributed by atoms with Crippen LogP contribution in [-0.4, -0.2) is 36.6 Å². The van der Waals surface area contributed by atoms with Crippen molar-refractivity contribution in [2.45, 2.75) is 46.6 Å². The minimum Gasteiger partial charge on any atom is -0.465 e. The Labute approximate surface area is 223 Å². The van der Waals surface area contributed by atoms with Gasteiger partial charge in [0, 0.05) is 23.8 Å². The highest BCUT2D eigenvalue weighted by molar-refractivity contribution is 6.31. The minimum atomic E-state index is -0.447. The topological polar surface area (TPSA) is 87.4 Å². The number of benzene rings is 2. The maximum Gasteiger partial charge on any atom is 0.337 e. The Morgan fingerprint density at radius 2 is 1.70 bits per heavy atom. The molecule has 1 fully saturated rings. The van der Waals surface area contributed by atoms with Gasteiger partial charge in [0.05, 0.1) is 24.8 Å². The molecular formula is C29H33ClN4O3. The normalized spacial score (nSPS) is 12.7. The molecule has 1 N–H and O–H groups in total. The Kier molecular flexibility index (Phi) is 9.76. The van der Waals surface area contributed by atoms with Crippen LogP contribution in [0.5, 0.6) is 0 Å². The third kappa shape index (κ3) is 6.15. The minimum absolute atomic E-state index is 0.333. The first-order valence-corrected chi connectivity index (χ1v) is 12.9. The van der Waals surface area contributed by atoms with Crippen molar-refractivity contribution in [3.63, 3.8) is 0 Å². The molecule has 8 heteroatoms. The molecule has 2 aromatic carbocycles. The summed E-state index contributed by atoms with van der Waals surface area (Å²) in [5, 5.41) is 13.6. The van der Waals surface area contributed by atoms with Gasteiger partial charge < -0.3 is 19.5 Å². The first kappa shape index (κ1) is 27.8. The molecule has 7 nitrogen and oxygen atoms in total. The van der Waals surface area contributed by atoms with Gasteiger partial charge in [0.25, 0.3) is 5.91 Å². The highest BCUT2D eigenvalue weighted by atomic mass is 35.5. The van der Waals surface area contributed by atoms with Gasteiger partial charge in [-0.05, 0) is 67.6 Å². The fourth-order valence-electron chi connectivity index (χ4n) is 4.54. The molecule has 1 amide bonds. The summed E-state index contributed by atoms with van der Waals surface area (Å²) in [6.45, 7) is 7.83. The summed E-state index contributed by atoms with van der Waals surface area (Å²) >= 11 is 6.48. The van der Waals surface area contributed by atoms with E-state index >= 15 is 0 Å². The number of amides is 1. The van der Waals surface area contributed by atoms with Gasteiger partial charge in [0.2, 0.25) is 0 Å². The van der Waals surface area contributed by atoms with E-state index in [0.29, 0.717) is 39.6 Å². The quantitative estimate of drug-likeness (QED) is 0.379. The van der Waals surface area contributed by atoms with Crippen molar-refractivity contribution in [3.05, 3.63) is 81.5 Å². The molecule has 1 aliphatic heterocycles. The number of carbonyl (C=O) groups is 2. The van der Waals surface area contributed by atoms with E-state index in [9.17, 15) is 14.9 Å². The maximum absolute atomic E-state index is 13.6. The van der Waals surface area contributed by atoms with Crippen LogP contribution in [0.3, 0.4) is 0 Å². The SMILES string of the molecule is CC.COC(=O)c1ccc(NC(=O)c2c(C)c(C#N)c(N3CCCCC3)n2Cc2ccccc2Cl)cc1. The molecule has 0 bridgehead atoms. The highest BCUT2D eigenvalue weighted by Gasteiger charge is 2.29. The molecule has 37 heavy (non-hydrogen) atoms. The molecule has 1 saturated heterocycles. The molecule has 0 radical (unpaired) electrons.